The standard InChI is InChI=1S/C24H22N4O2S/c1-31-15-20-21(22(28-30-20)18-8-3-2-4-9-18)23(29)27-24(25)26-14-16-11-12-17-7-5-6-10-19(17)13-16/h2-13H,14-15H2,1H3,(H3,25,26,27,29). The largest absolute Gasteiger partial charge is 0.370 e. The maximum atomic E-state index is 13.0. The number of rotatable bonds is 6. The van der Waals surface area contributed by atoms with Crippen molar-refractivity contribution in [1.29, 1.82) is 0 Å². The summed E-state index contributed by atoms with van der Waals surface area (Å²) in [7, 11) is 0. The van der Waals surface area contributed by atoms with Gasteiger partial charge in [0.15, 0.2) is 11.7 Å². The van der Waals surface area contributed by atoms with Crippen LogP contribution in [0.3, 0.4) is 0 Å². The summed E-state index contributed by atoms with van der Waals surface area (Å²) in [4.78, 5) is 17.3. The van der Waals surface area contributed by atoms with Crippen LogP contribution in [0, 0.1) is 0 Å². The third-order valence-electron chi connectivity index (χ3n) is 4.80. The third-order valence-corrected chi connectivity index (χ3v) is 5.35. The highest BCUT2D eigenvalue weighted by atomic mass is 32.2. The zero-order valence-electron chi connectivity index (χ0n) is 17.0. The molecule has 7 heteroatoms. The second-order valence-electron chi connectivity index (χ2n) is 6.97. The number of hydrogen-bond acceptors (Lipinski definition) is 5. The van der Waals surface area contributed by atoms with E-state index in [1.807, 2.05) is 60.9 Å². The summed E-state index contributed by atoms with van der Waals surface area (Å²) in [5.74, 6) is 0.694. The van der Waals surface area contributed by atoms with Crippen LogP contribution in [0.2, 0.25) is 0 Å². The van der Waals surface area contributed by atoms with Gasteiger partial charge in [0, 0.05) is 5.56 Å². The van der Waals surface area contributed by atoms with E-state index in [-0.39, 0.29) is 11.9 Å². The predicted octanol–water partition coefficient (Wildman–Crippen LogP) is 4.60. The lowest BCUT2D eigenvalue weighted by Gasteiger charge is -2.07. The minimum atomic E-state index is -0.385. The molecule has 156 valence electrons. The van der Waals surface area contributed by atoms with Crippen molar-refractivity contribution in [2.75, 3.05) is 6.26 Å². The summed E-state index contributed by atoms with van der Waals surface area (Å²) in [5.41, 5.74) is 8.69. The first kappa shape index (κ1) is 20.7. The molecule has 3 N–H and O–H groups in total. The molecule has 3 aromatic carbocycles. The van der Waals surface area contributed by atoms with Gasteiger partial charge in [-0.1, -0.05) is 71.9 Å². The Bertz CT molecular complexity index is 1230. The molecule has 0 atom stereocenters. The van der Waals surface area contributed by atoms with Crippen LogP contribution in [-0.4, -0.2) is 23.3 Å². The van der Waals surface area contributed by atoms with Gasteiger partial charge < -0.3 is 10.3 Å². The van der Waals surface area contributed by atoms with Crippen molar-refractivity contribution >= 4 is 34.4 Å². The number of nitrogens with two attached hydrogens (primary N) is 1. The fourth-order valence-electron chi connectivity index (χ4n) is 3.31. The van der Waals surface area contributed by atoms with E-state index in [0.717, 1.165) is 16.5 Å². The molecule has 1 heterocycles. The topological polar surface area (TPSA) is 93.5 Å². The molecule has 0 aliphatic carbocycles. The van der Waals surface area contributed by atoms with Gasteiger partial charge in [0.05, 0.1) is 12.3 Å². The predicted molar refractivity (Wildman–Crippen MR) is 126 cm³/mol. The molecule has 0 saturated carbocycles. The molecular formula is C24H22N4O2S. The minimum Gasteiger partial charge on any atom is -0.370 e. The zero-order valence-corrected chi connectivity index (χ0v) is 17.9. The van der Waals surface area contributed by atoms with Crippen LogP contribution in [0.1, 0.15) is 21.7 Å². The maximum Gasteiger partial charge on any atom is 0.263 e. The number of thioether (sulfide) groups is 1. The molecule has 1 amide bonds. The van der Waals surface area contributed by atoms with Crippen LogP contribution in [-0.2, 0) is 12.3 Å². The van der Waals surface area contributed by atoms with Gasteiger partial charge in [0.2, 0.25) is 0 Å². The molecular weight excluding hydrogens is 408 g/mol. The number of amides is 1. The minimum absolute atomic E-state index is 0.0495. The van der Waals surface area contributed by atoms with Gasteiger partial charge in [-0.05, 0) is 28.7 Å². The molecule has 4 rings (SSSR count). The van der Waals surface area contributed by atoms with Gasteiger partial charge in [0.1, 0.15) is 11.3 Å². The van der Waals surface area contributed by atoms with E-state index < -0.39 is 0 Å². The Morgan fingerprint density at radius 2 is 1.81 bits per heavy atom. The van der Waals surface area contributed by atoms with E-state index >= 15 is 0 Å². The molecule has 31 heavy (non-hydrogen) atoms. The summed E-state index contributed by atoms with van der Waals surface area (Å²) in [6, 6.07) is 23.7. The van der Waals surface area contributed by atoms with E-state index in [1.165, 1.54) is 5.39 Å². The lowest BCUT2D eigenvalue weighted by molar-refractivity contribution is 0.0975. The first-order valence-electron chi connectivity index (χ1n) is 9.77. The van der Waals surface area contributed by atoms with Crippen LogP contribution in [0.15, 0.2) is 82.3 Å². The average Bonchev–Trinajstić information content (AvgIpc) is 3.22. The molecule has 0 aliphatic heterocycles. The fourth-order valence-corrected chi connectivity index (χ4v) is 3.77. The SMILES string of the molecule is CSCc1onc(-c2ccccc2)c1C(=O)NC(N)=NCc1ccc2ccccc2c1. The van der Waals surface area contributed by atoms with Crippen molar-refractivity contribution < 1.29 is 9.32 Å². The highest BCUT2D eigenvalue weighted by molar-refractivity contribution is 7.97. The van der Waals surface area contributed by atoms with E-state index in [2.05, 4.69) is 33.7 Å². The monoisotopic (exact) mass is 430 g/mol. The Morgan fingerprint density at radius 1 is 1.06 bits per heavy atom. The summed E-state index contributed by atoms with van der Waals surface area (Å²) in [5, 5.41) is 9.11. The van der Waals surface area contributed by atoms with E-state index in [4.69, 9.17) is 10.3 Å². The van der Waals surface area contributed by atoms with Crippen LogP contribution in [0.4, 0.5) is 0 Å². The van der Waals surface area contributed by atoms with Crippen LogP contribution < -0.4 is 11.1 Å². The number of carbonyl (C=O) groups is 1. The number of nitrogens with one attached hydrogen (secondary N) is 1. The Hall–Kier alpha value is -3.58. The highest BCUT2D eigenvalue weighted by Crippen LogP contribution is 2.27. The summed E-state index contributed by atoms with van der Waals surface area (Å²) in [6.45, 7) is 0.365. The fraction of sp³-hybridized carbons (Fsp3) is 0.125. The molecule has 0 spiro atoms. The summed E-state index contributed by atoms with van der Waals surface area (Å²) >= 11 is 1.55. The number of fused-ring (bicyclic) bond motifs is 1. The number of hydrogen-bond donors (Lipinski definition) is 2. The van der Waals surface area contributed by atoms with Crippen molar-refractivity contribution in [3.05, 3.63) is 89.7 Å². The molecule has 0 saturated heterocycles. The van der Waals surface area contributed by atoms with E-state index in [0.29, 0.717) is 29.3 Å². The van der Waals surface area contributed by atoms with Gasteiger partial charge in [-0.15, -0.1) is 0 Å². The zero-order chi connectivity index (χ0) is 21.6. The Balaban J connectivity index is 1.53. The van der Waals surface area contributed by atoms with Crippen molar-refractivity contribution in [3.63, 3.8) is 0 Å². The highest BCUT2D eigenvalue weighted by Gasteiger charge is 2.24. The lowest BCUT2D eigenvalue weighted by atomic mass is 10.1. The first-order chi connectivity index (χ1) is 15.2. The van der Waals surface area contributed by atoms with Crippen molar-refractivity contribution in [2.45, 2.75) is 12.3 Å². The lowest BCUT2D eigenvalue weighted by Crippen LogP contribution is -2.37. The number of guanidine groups is 1. The number of aromatic nitrogens is 1. The van der Waals surface area contributed by atoms with Crippen molar-refractivity contribution in [3.8, 4) is 11.3 Å². The Kier molecular flexibility index (Phi) is 6.33. The molecule has 0 fully saturated rings. The molecule has 6 nitrogen and oxygen atoms in total. The number of aliphatic imine (C=N–C) groups is 1. The maximum absolute atomic E-state index is 13.0. The van der Waals surface area contributed by atoms with E-state index in [9.17, 15) is 4.79 Å². The quantitative estimate of drug-likeness (QED) is 0.344. The normalized spacial score (nSPS) is 11.6. The number of carbonyl (C=O) groups excluding carboxylic acids is 1. The molecule has 4 aromatic rings. The summed E-state index contributed by atoms with van der Waals surface area (Å²) in [6.07, 6.45) is 1.94. The van der Waals surface area contributed by atoms with Crippen molar-refractivity contribution in [2.24, 2.45) is 10.7 Å². The van der Waals surface area contributed by atoms with Crippen LogP contribution in [0.5, 0.6) is 0 Å². The van der Waals surface area contributed by atoms with Gasteiger partial charge >= 0.3 is 0 Å². The molecule has 0 radical (unpaired) electrons. The molecule has 1 aromatic heterocycles. The van der Waals surface area contributed by atoms with Gasteiger partial charge in [-0.25, -0.2) is 4.99 Å². The Morgan fingerprint density at radius 3 is 2.58 bits per heavy atom. The molecule has 0 unspecified atom stereocenters. The second-order valence-corrected chi connectivity index (χ2v) is 7.83. The smallest absolute Gasteiger partial charge is 0.263 e. The van der Waals surface area contributed by atoms with Gasteiger partial charge in [-0.3, -0.25) is 10.1 Å². The molecule has 0 bridgehead atoms. The first-order valence-corrected chi connectivity index (χ1v) is 11.2. The number of nitrogens with zero attached hydrogens (tertiary/aromatic N) is 2. The van der Waals surface area contributed by atoms with Crippen LogP contribution >= 0.6 is 11.8 Å². The van der Waals surface area contributed by atoms with E-state index in [1.54, 1.807) is 11.8 Å². The Labute approximate surface area is 184 Å². The summed E-state index contributed by atoms with van der Waals surface area (Å²) < 4.78 is 5.45. The number of benzene rings is 3. The second kappa shape index (κ2) is 9.49. The third kappa shape index (κ3) is 4.78. The van der Waals surface area contributed by atoms with Crippen LogP contribution in [0.25, 0.3) is 22.0 Å². The van der Waals surface area contributed by atoms with Crippen molar-refractivity contribution in [1.82, 2.24) is 10.5 Å². The van der Waals surface area contributed by atoms with Gasteiger partial charge in [-0.2, -0.15) is 11.8 Å². The molecule has 0 aliphatic rings. The van der Waals surface area contributed by atoms with Gasteiger partial charge in [0.25, 0.3) is 5.91 Å². The average molecular weight is 431 g/mol.